The molecule has 4 aliphatic carbocycles. The number of hydrogen-bond donors (Lipinski definition) is 1. The fourth-order valence-electron chi connectivity index (χ4n) is 10.1. The van der Waals surface area contributed by atoms with Crippen LogP contribution in [0.1, 0.15) is 85.5 Å². The summed E-state index contributed by atoms with van der Waals surface area (Å²) in [5, 5.41) is 10.3. The SMILES string of the molecule is C=C1C[C@H]2[C@@H](CC[C@H]3C[C@@H](O)CC[C@@]32C)[C@@H]2C[C@@H]3O[C@]4(CC[C@@H](C)CO4)[C@@H](C)[C@@H]3[C@@]12C. The molecule has 6 fully saturated rings. The lowest BCUT2D eigenvalue weighted by Gasteiger charge is -2.61. The van der Waals surface area contributed by atoms with Crippen molar-refractivity contribution in [2.45, 2.75) is 103 Å². The molecule has 31 heavy (non-hydrogen) atoms. The second kappa shape index (κ2) is 6.83. The summed E-state index contributed by atoms with van der Waals surface area (Å²) in [5.74, 6) is 4.28. The minimum atomic E-state index is -0.337. The van der Waals surface area contributed by atoms with Crippen molar-refractivity contribution in [3.8, 4) is 0 Å². The molecule has 12 atom stereocenters. The average molecular weight is 429 g/mol. The third-order valence-electron chi connectivity index (χ3n) is 12.0. The van der Waals surface area contributed by atoms with E-state index in [9.17, 15) is 5.11 Å². The van der Waals surface area contributed by atoms with Crippen molar-refractivity contribution in [1.29, 1.82) is 0 Å². The van der Waals surface area contributed by atoms with Gasteiger partial charge in [0.05, 0.1) is 18.8 Å². The third kappa shape index (κ3) is 2.69. The summed E-state index contributed by atoms with van der Waals surface area (Å²) >= 11 is 0. The van der Waals surface area contributed by atoms with Gasteiger partial charge in [-0.1, -0.05) is 39.8 Å². The molecule has 6 rings (SSSR count). The van der Waals surface area contributed by atoms with E-state index in [1.807, 2.05) is 0 Å². The van der Waals surface area contributed by atoms with Gasteiger partial charge in [-0.05, 0) is 91.8 Å². The summed E-state index contributed by atoms with van der Waals surface area (Å²) in [6.45, 7) is 15.5. The molecule has 0 aromatic heterocycles. The number of hydrogen-bond acceptors (Lipinski definition) is 3. The van der Waals surface area contributed by atoms with E-state index < -0.39 is 0 Å². The van der Waals surface area contributed by atoms with Gasteiger partial charge in [0.2, 0.25) is 0 Å². The summed E-state index contributed by atoms with van der Waals surface area (Å²) in [6.07, 6.45) is 10.8. The second-order valence-corrected chi connectivity index (χ2v) is 13.1. The summed E-state index contributed by atoms with van der Waals surface area (Å²) < 4.78 is 13.4. The van der Waals surface area contributed by atoms with Gasteiger partial charge >= 0.3 is 0 Å². The molecule has 0 bridgehead atoms. The molecule has 0 unspecified atom stereocenters. The van der Waals surface area contributed by atoms with Crippen molar-refractivity contribution >= 4 is 0 Å². The van der Waals surface area contributed by atoms with Crippen LogP contribution in [-0.2, 0) is 9.47 Å². The number of allylic oxidation sites excluding steroid dienone is 1. The van der Waals surface area contributed by atoms with Gasteiger partial charge in [-0.2, -0.15) is 0 Å². The molecule has 3 nitrogen and oxygen atoms in total. The van der Waals surface area contributed by atoms with Crippen LogP contribution in [0.15, 0.2) is 12.2 Å². The summed E-state index contributed by atoms with van der Waals surface area (Å²) in [4.78, 5) is 0. The summed E-state index contributed by atoms with van der Waals surface area (Å²) in [5.41, 5.74) is 2.09. The first kappa shape index (κ1) is 21.2. The molecule has 0 radical (unpaired) electrons. The first-order valence-corrected chi connectivity index (χ1v) is 13.4. The van der Waals surface area contributed by atoms with Crippen LogP contribution in [0.4, 0.5) is 0 Å². The highest BCUT2D eigenvalue weighted by Crippen LogP contribution is 2.72. The Balaban J connectivity index is 1.30. The van der Waals surface area contributed by atoms with Crippen LogP contribution >= 0.6 is 0 Å². The van der Waals surface area contributed by atoms with Crippen LogP contribution in [0.25, 0.3) is 0 Å². The molecule has 2 saturated heterocycles. The Morgan fingerprint density at radius 1 is 1.00 bits per heavy atom. The predicted octanol–water partition coefficient (Wildman–Crippen LogP) is 5.96. The number of aliphatic hydroxyl groups is 1. The predicted molar refractivity (Wildman–Crippen MR) is 122 cm³/mol. The number of aliphatic hydroxyl groups excluding tert-OH is 1. The summed E-state index contributed by atoms with van der Waals surface area (Å²) in [7, 11) is 0. The summed E-state index contributed by atoms with van der Waals surface area (Å²) in [6, 6.07) is 0. The fraction of sp³-hybridized carbons (Fsp3) is 0.929. The quantitative estimate of drug-likeness (QED) is 0.484. The monoisotopic (exact) mass is 428 g/mol. The highest BCUT2D eigenvalue weighted by atomic mass is 16.7. The average Bonchev–Trinajstić information content (AvgIpc) is 3.18. The number of rotatable bonds is 0. The molecule has 1 spiro atoms. The van der Waals surface area contributed by atoms with Crippen molar-refractivity contribution in [1.82, 2.24) is 0 Å². The van der Waals surface area contributed by atoms with E-state index >= 15 is 0 Å². The standard InChI is InChI=1S/C28H44O3/c1-16-8-11-28(30-15-16)18(3)25-24(31-28)14-23-21-7-6-19-13-20(29)9-10-26(19,4)22(21)12-17(2)27(23,25)5/h16,18-25,29H,2,6-15H2,1,3-5H3/t16-,18+,19+,20+,21-,22+,23+,24+,25+,26+,27+,28-/m1/s1. The molecular formula is C28H44O3. The highest BCUT2D eigenvalue weighted by Gasteiger charge is 2.70. The van der Waals surface area contributed by atoms with E-state index in [0.717, 1.165) is 37.7 Å². The first-order chi connectivity index (χ1) is 14.7. The van der Waals surface area contributed by atoms with Crippen LogP contribution < -0.4 is 0 Å². The van der Waals surface area contributed by atoms with Crippen molar-refractivity contribution in [3.63, 3.8) is 0 Å². The topological polar surface area (TPSA) is 38.7 Å². The lowest BCUT2D eigenvalue weighted by Crippen LogP contribution is -2.55. The Bertz CT molecular complexity index is 753. The first-order valence-electron chi connectivity index (χ1n) is 13.4. The van der Waals surface area contributed by atoms with Gasteiger partial charge in [-0.3, -0.25) is 0 Å². The van der Waals surface area contributed by atoms with E-state index in [0.29, 0.717) is 41.1 Å². The molecule has 4 saturated carbocycles. The smallest absolute Gasteiger partial charge is 0.171 e. The Labute approximate surface area is 189 Å². The molecule has 2 heterocycles. The second-order valence-electron chi connectivity index (χ2n) is 13.1. The molecule has 2 aliphatic heterocycles. The highest BCUT2D eigenvalue weighted by molar-refractivity contribution is 5.28. The van der Waals surface area contributed by atoms with E-state index in [1.165, 1.54) is 44.1 Å². The molecule has 0 aromatic carbocycles. The Morgan fingerprint density at radius 2 is 1.81 bits per heavy atom. The van der Waals surface area contributed by atoms with Gasteiger partial charge in [-0.25, -0.2) is 0 Å². The number of fused-ring (bicyclic) bond motifs is 7. The van der Waals surface area contributed by atoms with Crippen LogP contribution in [0.2, 0.25) is 0 Å². The van der Waals surface area contributed by atoms with Gasteiger partial charge in [0.15, 0.2) is 5.79 Å². The van der Waals surface area contributed by atoms with Crippen molar-refractivity contribution in [3.05, 3.63) is 12.2 Å². The fourth-order valence-corrected chi connectivity index (χ4v) is 10.1. The van der Waals surface area contributed by atoms with Crippen LogP contribution in [0, 0.1) is 52.3 Å². The Hall–Kier alpha value is -0.380. The van der Waals surface area contributed by atoms with Crippen molar-refractivity contribution < 1.29 is 14.6 Å². The maximum atomic E-state index is 10.3. The normalized spacial score (nSPS) is 60.9. The van der Waals surface area contributed by atoms with E-state index in [1.54, 1.807) is 0 Å². The van der Waals surface area contributed by atoms with Crippen molar-refractivity contribution in [2.24, 2.45) is 52.3 Å². The Morgan fingerprint density at radius 3 is 2.55 bits per heavy atom. The maximum absolute atomic E-state index is 10.3. The van der Waals surface area contributed by atoms with E-state index in [-0.39, 0.29) is 17.3 Å². The minimum absolute atomic E-state index is 0.0684. The van der Waals surface area contributed by atoms with Gasteiger partial charge in [0.25, 0.3) is 0 Å². The van der Waals surface area contributed by atoms with Crippen molar-refractivity contribution in [2.75, 3.05) is 6.61 Å². The lowest BCUT2D eigenvalue weighted by molar-refractivity contribution is -0.272. The van der Waals surface area contributed by atoms with Crippen LogP contribution in [0.3, 0.4) is 0 Å². The molecule has 1 N–H and O–H groups in total. The Kier molecular flexibility index (Phi) is 4.66. The number of ether oxygens (including phenoxy) is 2. The molecular weight excluding hydrogens is 384 g/mol. The largest absolute Gasteiger partial charge is 0.393 e. The van der Waals surface area contributed by atoms with Gasteiger partial charge < -0.3 is 14.6 Å². The molecule has 6 aliphatic rings. The molecule has 0 amide bonds. The zero-order valence-corrected chi connectivity index (χ0v) is 20.2. The third-order valence-corrected chi connectivity index (χ3v) is 12.0. The van der Waals surface area contributed by atoms with Crippen LogP contribution in [0.5, 0.6) is 0 Å². The van der Waals surface area contributed by atoms with Crippen LogP contribution in [-0.4, -0.2) is 29.7 Å². The zero-order valence-electron chi connectivity index (χ0n) is 20.2. The molecule has 3 heteroatoms. The minimum Gasteiger partial charge on any atom is -0.393 e. The van der Waals surface area contributed by atoms with Gasteiger partial charge in [0, 0.05) is 18.3 Å². The molecule has 0 aromatic rings. The zero-order chi connectivity index (χ0) is 21.8. The lowest BCUT2D eigenvalue weighted by atomic mass is 9.43. The van der Waals surface area contributed by atoms with Gasteiger partial charge in [-0.15, -0.1) is 0 Å². The van der Waals surface area contributed by atoms with Gasteiger partial charge in [0.1, 0.15) is 0 Å². The molecule has 174 valence electrons. The van der Waals surface area contributed by atoms with E-state index in [2.05, 4.69) is 27.7 Å². The van der Waals surface area contributed by atoms with E-state index in [4.69, 9.17) is 16.1 Å². The maximum Gasteiger partial charge on any atom is 0.171 e.